The van der Waals surface area contributed by atoms with Gasteiger partial charge in [-0.3, -0.25) is 0 Å². The third kappa shape index (κ3) is 15.5. The number of unbranched alkanes of at least 4 members (excludes halogenated alkanes) is 10. The fourth-order valence-corrected chi connectivity index (χ4v) is 2.73. The van der Waals surface area contributed by atoms with Crippen LogP contribution in [0.1, 0.15) is 104 Å². The summed E-state index contributed by atoms with van der Waals surface area (Å²) in [6, 6.07) is 0. The zero-order valence-corrected chi connectivity index (χ0v) is 14.7. The molecule has 124 valence electrons. The van der Waals surface area contributed by atoms with Crippen LogP contribution in [0.4, 0.5) is 0 Å². The van der Waals surface area contributed by atoms with Crippen molar-refractivity contribution in [1.82, 2.24) is 0 Å². The van der Waals surface area contributed by atoms with Crippen LogP contribution in [0.2, 0.25) is 0 Å². The van der Waals surface area contributed by atoms with Crippen LogP contribution in [0.15, 0.2) is 18.6 Å². The van der Waals surface area contributed by atoms with Crippen LogP contribution in [0.3, 0.4) is 0 Å². The van der Waals surface area contributed by atoms with Gasteiger partial charge in [-0.2, -0.15) is 0 Å². The molecule has 0 bridgehead atoms. The standard InChI is InChI=1S/C20H38O/c1-4-7-9-11-13-15-17-20(21-19-6-3)18-16-14-12-10-8-5-2/h19-20H,3-5,7-18H2,1-2H3. The first-order valence-corrected chi connectivity index (χ1v) is 9.34. The highest BCUT2D eigenvalue weighted by molar-refractivity contribution is 4.69. The zero-order chi connectivity index (χ0) is 15.6. The Morgan fingerprint density at radius 2 is 1.19 bits per heavy atom. The van der Waals surface area contributed by atoms with Crippen molar-refractivity contribution in [2.24, 2.45) is 0 Å². The van der Waals surface area contributed by atoms with Gasteiger partial charge in [0.1, 0.15) is 6.26 Å². The average molecular weight is 295 g/mol. The molecular formula is C20H38O. The number of hydrogen-bond donors (Lipinski definition) is 0. The minimum absolute atomic E-state index is 0.386. The van der Waals surface area contributed by atoms with Crippen LogP contribution in [0.25, 0.3) is 0 Å². The molecule has 0 atom stereocenters. The van der Waals surface area contributed by atoms with E-state index in [-0.39, 0.29) is 0 Å². The number of rotatable bonds is 16. The molecule has 0 radical (unpaired) electrons. The molecule has 0 aromatic heterocycles. The summed E-state index contributed by atoms with van der Waals surface area (Å²) in [6.07, 6.45) is 20.7. The van der Waals surface area contributed by atoms with Gasteiger partial charge in [-0.1, -0.05) is 90.4 Å². The molecule has 0 fully saturated rings. The van der Waals surface area contributed by atoms with Crippen LogP contribution >= 0.6 is 0 Å². The van der Waals surface area contributed by atoms with Gasteiger partial charge < -0.3 is 4.74 Å². The van der Waals surface area contributed by atoms with Crippen molar-refractivity contribution in [2.45, 2.75) is 110 Å². The van der Waals surface area contributed by atoms with Crippen molar-refractivity contribution in [1.29, 1.82) is 0 Å². The molecule has 0 aromatic carbocycles. The Morgan fingerprint density at radius 1 is 0.762 bits per heavy atom. The fourth-order valence-electron chi connectivity index (χ4n) is 2.73. The lowest BCUT2D eigenvalue weighted by Gasteiger charge is -2.16. The van der Waals surface area contributed by atoms with Gasteiger partial charge in [0.2, 0.25) is 0 Å². The smallest absolute Gasteiger partial charge is 0.125 e. The van der Waals surface area contributed by atoms with Crippen LogP contribution in [0, 0.1) is 0 Å². The van der Waals surface area contributed by atoms with Crippen LogP contribution in [-0.4, -0.2) is 6.10 Å². The predicted octanol–water partition coefficient (Wildman–Crippen LogP) is 7.17. The van der Waals surface area contributed by atoms with Gasteiger partial charge in [0, 0.05) is 0 Å². The highest BCUT2D eigenvalue weighted by Gasteiger charge is 2.07. The van der Waals surface area contributed by atoms with Crippen molar-refractivity contribution < 1.29 is 4.74 Å². The Kier molecular flexibility index (Phi) is 16.8. The van der Waals surface area contributed by atoms with Crippen molar-refractivity contribution in [3.63, 3.8) is 0 Å². The maximum atomic E-state index is 5.75. The topological polar surface area (TPSA) is 9.23 Å². The van der Waals surface area contributed by atoms with Gasteiger partial charge in [-0.25, -0.2) is 0 Å². The van der Waals surface area contributed by atoms with Crippen molar-refractivity contribution in [2.75, 3.05) is 0 Å². The first-order chi connectivity index (χ1) is 10.3. The summed E-state index contributed by atoms with van der Waals surface area (Å²) in [5.41, 5.74) is 2.74. The van der Waals surface area contributed by atoms with Gasteiger partial charge >= 0.3 is 0 Å². The van der Waals surface area contributed by atoms with E-state index < -0.39 is 0 Å². The number of hydrogen-bond acceptors (Lipinski definition) is 1. The zero-order valence-electron chi connectivity index (χ0n) is 14.7. The second kappa shape index (κ2) is 17.4. The van der Waals surface area contributed by atoms with Crippen LogP contribution < -0.4 is 0 Å². The highest BCUT2D eigenvalue weighted by atomic mass is 16.5. The molecule has 0 saturated carbocycles. The largest absolute Gasteiger partial charge is 0.490 e. The molecule has 0 aliphatic carbocycles. The SMILES string of the molecule is C=C=COC(CCCCCCCC)CCCCCCCC. The molecule has 0 unspecified atom stereocenters. The summed E-state index contributed by atoms with van der Waals surface area (Å²) in [7, 11) is 0. The van der Waals surface area contributed by atoms with E-state index in [1.807, 2.05) is 0 Å². The molecule has 0 rings (SSSR count). The second-order valence-electron chi connectivity index (χ2n) is 6.19. The summed E-state index contributed by atoms with van der Waals surface area (Å²) < 4.78 is 5.75. The third-order valence-electron chi connectivity index (χ3n) is 4.10. The van der Waals surface area contributed by atoms with E-state index >= 15 is 0 Å². The van der Waals surface area contributed by atoms with E-state index in [2.05, 4.69) is 26.2 Å². The monoisotopic (exact) mass is 294 g/mol. The lowest BCUT2D eigenvalue weighted by atomic mass is 10.0. The Labute approximate surface area is 133 Å². The van der Waals surface area contributed by atoms with E-state index in [0.717, 1.165) is 0 Å². The Balaban J connectivity index is 3.64. The maximum Gasteiger partial charge on any atom is 0.125 e. The summed E-state index contributed by atoms with van der Waals surface area (Å²) >= 11 is 0. The molecule has 0 heterocycles. The molecule has 0 spiro atoms. The van der Waals surface area contributed by atoms with E-state index in [9.17, 15) is 0 Å². The second-order valence-corrected chi connectivity index (χ2v) is 6.19. The van der Waals surface area contributed by atoms with Gasteiger partial charge in [-0.05, 0) is 25.7 Å². The van der Waals surface area contributed by atoms with Crippen LogP contribution in [-0.2, 0) is 4.74 Å². The first kappa shape index (κ1) is 20.3. The quantitative estimate of drug-likeness (QED) is 0.166. The molecule has 0 saturated heterocycles. The highest BCUT2D eigenvalue weighted by Crippen LogP contribution is 2.16. The van der Waals surface area contributed by atoms with Gasteiger partial charge in [-0.15, -0.1) is 0 Å². The summed E-state index contributed by atoms with van der Waals surface area (Å²) in [5, 5.41) is 0. The molecule has 0 aliphatic heterocycles. The molecule has 1 nitrogen and oxygen atoms in total. The minimum Gasteiger partial charge on any atom is -0.490 e. The Bertz CT molecular complexity index is 224. The molecule has 0 amide bonds. The molecule has 0 aliphatic rings. The fraction of sp³-hybridized carbons (Fsp3) is 0.850. The minimum atomic E-state index is 0.386. The van der Waals surface area contributed by atoms with Crippen molar-refractivity contribution in [3.8, 4) is 0 Å². The summed E-state index contributed by atoms with van der Waals surface area (Å²) in [6.45, 7) is 8.13. The van der Waals surface area contributed by atoms with Gasteiger partial charge in [0.15, 0.2) is 0 Å². The molecular weight excluding hydrogens is 256 g/mol. The van der Waals surface area contributed by atoms with E-state index in [1.54, 1.807) is 6.26 Å². The molecule has 0 aromatic rings. The predicted molar refractivity (Wildman–Crippen MR) is 94.6 cm³/mol. The van der Waals surface area contributed by atoms with Crippen LogP contribution in [0.5, 0.6) is 0 Å². The van der Waals surface area contributed by atoms with E-state index in [1.165, 1.54) is 89.9 Å². The van der Waals surface area contributed by atoms with Crippen molar-refractivity contribution >= 4 is 0 Å². The lowest BCUT2D eigenvalue weighted by molar-refractivity contribution is 0.121. The Morgan fingerprint density at radius 3 is 1.62 bits per heavy atom. The first-order valence-electron chi connectivity index (χ1n) is 9.34. The summed E-state index contributed by atoms with van der Waals surface area (Å²) in [4.78, 5) is 0. The summed E-state index contributed by atoms with van der Waals surface area (Å²) in [5.74, 6) is 0. The molecule has 0 N–H and O–H groups in total. The van der Waals surface area contributed by atoms with Crippen molar-refractivity contribution in [3.05, 3.63) is 18.6 Å². The van der Waals surface area contributed by atoms with Gasteiger partial charge in [0.05, 0.1) is 6.10 Å². The Hall–Kier alpha value is -0.680. The molecule has 1 heteroatoms. The van der Waals surface area contributed by atoms with Gasteiger partial charge in [0.25, 0.3) is 0 Å². The third-order valence-corrected chi connectivity index (χ3v) is 4.10. The number of ether oxygens (including phenoxy) is 1. The molecule has 21 heavy (non-hydrogen) atoms. The van der Waals surface area contributed by atoms with E-state index in [4.69, 9.17) is 4.74 Å². The average Bonchev–Trinajstić information content (AvgIpc) is 2.50. The lowest BCUT2D eigenvalue weighted by Crippen LogP contribution is -2.09. The maximum absolute atomic E-state index is 5.75. The normalized spacial score (nSPS) is 10.6. The van der Waals surface area contributed by atoms with E-state index in [0.29, 0.717) is 6.10 Å².